The van der Waals surface area contributed by atoms with Crippen LogP contribution < -0.4 is 5.32 Å². The van der Waals surface area contributed by atoms with Gasteiger partial charge in [0.25, 0.3) is 5.91 Å². The van der Waals surface area contributed by atoms with Gasteiger partial charge in [-0.25, -0.2) is 4.98 Å². The summed E-state index contributed by atoms with van der Waals surface area (Å²) in [6.07, 6.45) is 1.13. The van der Waals surface area contributed by atoms with Gasteiger partial charge < -0.3 is 10.2 Å². The topological polar surface area (TPSA) is 73.9 Å². The Balaban J connectivity index is 2.38. The molecule has 0 spiro atoms. The molecule has 0 aliphatic heterocycles. The van der Waals surface area contributed by atoms with E-state index in [1.807, 2.05) is 13.8 Å². The van der Waals surface area contributed by atoms with Gasteiger partial charge >= 0.3 is 0 Å². The Bertz CT molecular complexity index is 388. The van der Waals surface area contributed by atoms with Crippen LogP contribution in [-0.4, -0.2) is 52.2 Å². The molecule has 6 heteroatoms. The first kappa shape index (κ1) is 15.6. The maximum absolute atomic E-state index is 11.8. The number of carbonyl (C=O) groups excluding carboxylic acids is 1. The fourth-order valence-corrected chi connectivity index (χ4v) is 1.78. The molecule has 0 saturated heterocycles. The predicted molar refractivity (Wildman–Crippen MR) is 75.2 cm³/mol. The molecule has 1 aromatic heterocycles. The zero-order valence-corrected chi connectivity index (χ0v) is 12.4. The van der Waals surface area contributed by atoms with Crippen LogP contribution >= 0.6 is 0 Å². The number of carbonyl (C=O) groups is 1. The summed E-state index contributed by atoms with van der Waals surface area (Å²) in [4.78, 5) is 18.3. The maximum Gasteiger partial charge on any atom is 0.291 e. The maximum atomic E-state index is 11.8. The molecule has 1 amide bonds. The number of hydrogen-bond donors (Lipinski definition) is 2. The average Bonchev–Trinajstić information content (AvgIpc) is 2.87. The molecule has 108 valence electrons. The minimum atomic E-state index is -0.212. The fourth-order valence-electron chi connectivity index (χ4n) is 1.78. The molecule has 1 rings (SSSR count). The minimum Gasteiger partial charge on any atom is -0.348 e. The van der Waals surface area contributed by atoms with Gasteiger partial charge in [0.15, 0.2) is 0 Å². The highest BCUT2D eigenvalue weighted by Gasteiger charge is 2.13. The first-order valence-corrected chi connectivity index (χ1v) is 7.01. The van der Waals surface area contributed by atoms with Crippen LogP contribution in [0.4, 0.5) is 0 Å². The van der Waals surface area contributed by atoms with Crippen molar-refractivity contribution in [3.63, 3.8) is 0 Å². The van der Waals surface area contributed by atoms with Crippen molar-refractivity contribution in [2.24, 2.45) is 0 Å². The van der Waals surface area contributed by atoms with E-state index in [2.05, 4.69) is 39.2 Å². The number of aromatic nitrogens is 3. The van der Waals surface area contributed by atoms with Crippen molar-refractivity contribution in [3.8, 4) is 0 Å². The summed E-state index contributed by atoms with van der Waals surface area (Å²) in [6, 6.07) is 0. The highest BCUT2D eigenvalue weighted by Crippen LogP contribution is 2.07. The van der Waals surface area contributed by atoms with Gasteiger partial charge in [-0.15, -0.1) is 5.10 Å². The van der Waals surface area contributed by atoms with Gasteiger partial charge in [-0.3, -0.25) is 9.89 Å². The first-order chi connectivity index (χ1) is 9.08. The van der Waals surface area contributed by atoms with E-state index in [1.165, 1.54) is 0 Å². The van der Waals surface area contributed by atoms with Crippen molar-refractivity contribution in [2.45, 2.75) is 40.0 Å². The number of likely N-dealkylation sites (N-methyl/N-ethyl adjacent to an activating group) is 1. The molecule has 0 unspecified atom stereocenters. The summed E-state index contributed by atoms with van der Waals surface area (Å²) in [7, 11) is 0. The van der Waals surface area contributed by atoms with Crippen molar-refractivity contribution < 1.29 is 4.79 Å². The van der Waals surface area contributed by atoms with Crippen LogP contribution in [0.3, 0.4) is 0 Å². The van der Waals surface area contributed by atoms with Crippen LogP contribution in [0, 0.1) is 0 Å². The molecule has 0 bridgehead atoms. The summed E-state index contributed by atoms with van der Waals surface area (Å²) in [5, 5.41) is 9.56. The zero-order valence-electron chi connectivity index (χ0n) is 12.4. The van der Waals surface area contributed by atoms with Crippen LogP contribution in [0.5, 0.6) is 0 Å². The van der Waals surface area contributed by atoms with Gasteiger partial charge in [0.05, 0.1) is 0 Å². The molecule has 1 heterocycles. The standard InChI is InChI=1S/C13H25N5O/c1-5-8-18(6-2)9-7-14-13(19)12-15-11(10(3)4)16-17-12/h10H,5-9H2,1-4H3,(H,14,19)(H,15,16,17). The molecule has 0 aliphatic rings. The molecule has 0 aromatic carbocycles. The average molecular weight is 267 g/mol. The van der Waals surface area contributed by atoms with E-state index < -0.39 is 0 Å². The lowest BCUT2D eigenvalue weighted by Crippen LogP contribution is -2.35. The van der Waals surface area contributed by atoms with E-state index in [-0.39, 0.29) is 17.6 Å². The first-order valence-electron chi connectivity index (χ1n) is 7.01. The minimum absolute atomic E-state index is 0.212. The molecule has 0 radical (unpaired) electrons. The summed E-state index contributed by atoms with van der Waals surface area (Å²) in [5.41, 5.74) is 0. The number of H-pyrrole nitrogens is 1. The van der Waals surface area contributed by atoms with Crippen molar-refractivity contribution in [2.75, 3.05) is 26.2 Å². The third-order valence-corrected chi connectivity index (χ3v) is 2.95. The summed E-state index contributed by atoms with van der Waals surface area (Å²) in [6.45, 7) is 11.8. The van der Waals surface area contributed by atoms with E-state index in [4.69, 9.17) is 0 Å². The Morgan fingerprint density at radius 2 is 2.11 bits per heavy atom. The predicted octanol–water partition coefficient (Wildman–Crippen LogP) is 1.39. The quantitative estimate of drug-likeness (QED) is 0.746. The van der Waals surface area contributed by atoms with Gasteiger partial charge in [-0.1, -0.05) is 27.7 Å². The van der Waals surface area contributed by atoms with Gasteiger partial charge in [-0.2, -0.15) is 0 Å². The van der Waals surface area contributed by atoms with Crippen LogP contribution in [-0.2, 0) is 0 Å². The zero-order chi connectivity index (χ0) is 14.3. The molecule has 2 N–H and O–H groups in total. The van der Waals surface area contributed by atoms with E-state index in [0.717, 1.165) is 31.9 Å². The Hall–Kier alpha value is -1.43. The van der Waals surface area contributed by atoms with Crippen LogP contribution in [0.2, 0.25) is 0 Å². The monoisotopic (exact) mass is 267 g/mol. The van der Waals surface area contributed by atoms with Gasteiger partial charge in [-0.05, 0) is 19.5 Å². The summed E-state index contributed by atoms with van der Waals surface area (Å²) in [5.74, 6) is 0.999. The second-order valence-corrected chi connectivity index (χ2v) is 4.89. The lowest BCUT2D eigenvalue weighted by atomic mass is 10.2. The molecule has 0 aliphatic carbocycles. The van der Waals surface area contributed by atoms with Crippen molar-refractivity contribution in [1.29, 1.82) is 0 Å². The molecular formula is C13H25N5O. The summed E-state index contributed by atoms with van der Waals surface area (Å²) < 4.78 is 0. The number of hydrogen-bond acceptors (Lipinski definition) is 4. The van der Waals surface area contributed by atoms with E-state index >= 15 is 0 Å². The number of nitrogens with one attached hydrogen (secondary N) is 2. The Kier molecular flexibility index (Phi) is 6.49. The SMILES string of the molecule is CCCN(CC)CCNC(=O)c1n[nH]c(C(C)C)n1. The van der Waals surface area contributed by atoms with Gasteiger partial charge in [0, 0.05) is 19.0 Å². The molecule has 0 atom stereocenters. The van der Waals surface area contributed by atoms with E-state index in [0.29, 0.717) is 6.54 Å². The van der Waals surface area contributed by atoms with Crippen LogP contribution in [0.25, 0.3) is 0 Å². The highest BCUT2D eigenvalue weighted by molar-refractivity contribution is 5.90. The third kappa shape index (κ3) is 4.98. The number of aromatic amines is 1. The van der Waals surface area contributed by atoms with Crippen LogP contribution in [0.1, 0.15) is 56.5 Å². The van der Waals surface area contributed by atoms with E-state index in [1.54, 1.807) is 0 Å². The lowest BCUT2D eigenvalue weighted by Gasteiger charge is -2.19. The highest BCUT2D eigenvalue weighted by atomic mass is 16.2. The normalized spacial score (nSPS) is 11.3. The Morgan fingerprint density at radius 3 is 2.63 bits per heavy atom. The molecule has 19 heavy (non-hydrogen) atoms. The molecule has 0 saturated carbocycles. The third-order valence-electron chi connectivity index (χ3n) is 2.95. The lowest BCUT2D eigenvalue weighted by molar-refractivity contribution is 0.0938. The van der Waals surface area contributed by atoms with Crippen LogP contribution in [0.15, 0.2) is 0 Å². The van der Waals surface area contributed by atoms with Gasteiger partial charge in [0.1, 0.15) is 5.82 Å². The second-order valence-electron chi connectivity index (χ2n) is 4.89. The number of rotatable bonds is 8. The Morgan fingerprint density at radius 1 is 1.37 bits per heavy atom. The van der Waals surface area contributed by atoms with E-state index in [9.17, 15) is 4.79 Å². The van der Waals surface area contributed by atoms with Crippen molar-refractivity contribution in [3.05, 3.63) is 11.6 Å². The Labute approximate surface area is 115 Å². The largest absolute Gasteiger partial charge is 0.348 e. The molecular weight excluding hydrogens is 242 g/mol. The fraction of sp³-hybridized carbons (Fsp3) is 0.769. The number of nitrogens with zero attached hydrogens (tertiary/aromatic N) is 3. The number of amides is 1. The van der Waals surface area contributed by atoms with Crippen molar-refractivity contribution in [1.82, 2.24) is 25.4 Å². The molecule has 0 fully saturated rings. The second kappa shape index (κ2) is 7.89. The van der Waals surface area contributed by atoms with Crippen molar-refractivity contribution >= 4 is 5.91 Å². The summed E-state index contributed by atoms with van der Waals surface area (Å²) >= 11 is 0. The molecule has 6 nitrogen and oxygen atoms in total. The smallest absolute Gasteiger partial charge is 0.291 e. The molecule has 1 aromatic rings. The van der Waals surface area contributed by atoms with Gasteiger partial charge in [0.2, 0.25) is 5.82 Å².